The van der Waals surface area contributed by atoms with Crippen molar-refractivity contribution in [1.82, 2.24) is 15.0 Å². The Kier molecular flexibility index (Phi) is 3.49. The monoisotopic (exact) mass is 292 g/mol. The van der Waals surface area contributed by atoms with E-state index in [1.54, 1.807) is 48.8 Å². The third kappa shape index (κ3) is 2.76. The SMILES string of the molecule is Nc1ccc(-c2cc(C(=O)O)nc(-c3cccnc3)n2)cc1. The smallest absolute Gasteiger partial charge is 0.354 e. The number of rotatable bonds is 3. The number of carboxylic acid groups (broad SMARTS) is 1. The molecule has 2 heterocycles. The number of pyridine rings is 1. The fraction of sp³-hybridized carbons (Fsp3) is 0. The molecular formula is C16H12N4O2. The lowest BCUT2D eigenvalue weighted by atomic mass is 10.1. The average Bonchev–Trinajstić information content (AvgIpc) is 2.56. The molecule has 0 radical (unpaired) electrons. The van der Waals surface area contributed by atoms with Crippen molar-refractivity contribution in [3.8, 4) is 22.6 Å². The number of nitrogens with zero attached hydrogens (tertiary/aromatic N) is 3. The number of aromatic carboxylic acids is 1. The van der Waals surface area contributed by atoms with Gasteiger partial charge in [0.25, 0.3) is 0 Å². The molecule has 6 nitrogen and oxygen atoms in total. The molecule has 0 saturated carbocycles. The Morgan fingerprint density at radius 1 is 1.05 bits per heavy atom. The summed E-state index contributed by atoms with van der Waals surface area (Å²) in [5, 5.41) is 9.25. The zero-order valence-electron chi connectivity index (χ0n) is 11.5. The Hall–Kier alpha value is -3.28. The molecule has 0 aliphatic carbocycles. The normalized spacial score (nSPS) is 10.4. The molecule has 0 spiro atoms. The van der Waals surface area contributed by atoms with Gasteiger partial charge in [-0.3, -0.25) is 4.98 Å². The number of anilines is 1. The average molecular weight is 292 g/mol. The van der Waals surface area contributed by atoms with Gasteiger partial charge in [0, 0.05) is 29.2 Å². The third-order valence-corrected chi connectivity index (χ3v) is 3.07. The maximum absolute atomic E-state index is 11.3. The number of benzene rings is 1. The molecule has 0 aliphatic rings. The Labute approximate surface area is 126 Å². The fourth-order valence-electron chi connectivity index (χ4n) is 1.98. The van der Waals surface area contributed by atoms with Gasteiger partial charge in [0.05, 0.1) is 5.69 Å². The van der Waals surface area contributed by atoms with E-state index in [0.29, 0.717) is 22.8 Å². The number of hydrogen-bond acceptors (Lipinski definition) is 5. The number of nitrogen functional groups attached to an aromatic ring is 1. The number of aromatic nitrogens is 3. The predicted octanol–water partition coefficient (Wildman–Crippen LogP) is 2.49. The number of nitrogens with two attached hydrogens (primary N) is 1. The second kappa shape index (κ2) is 5.61. The highest BCUT2D eigenvalue weighted by atomic mass is 16.4. The van der Waals surface area contributed by atoms with Crippen molar-refractivity contribution in [2.75, 3.05) is 5.73 Å². The van der Waals surface area contributed by atoms with Crippen molar-refractivity contribution >= 4 is 11.7 Å². The summed E-state index contributed by atoms with van der Waals surface area (Å²) in [7, 11) is 0. The first kappa shape index (κ1) is 13.7. The van der Waals surface area contributed by atoms with Gasteiger partial charge in [0.15, 0.2) is 11.5 Å². The molecule has 0 saturated heterocycles. The molecular weight excluding hydrogens is 280 g/mol. The van der Waals surface area contributed by atoms with Gasteiger partial charge in [-0.15, -0.1) is 0 Å². The summed E-state index contributed by atoms with van der Waals surface area (Å²) in [5.41, 5.74) is 8.17. The Balaban J connectivity index is 2.16. The number of carboxylic acids is 1. The van der Waals surface area contributed by atoms with E-state index in [4.69, 9.17) is 5.73 Å². The van der Waals surface area contributed by atoms with Crippen LogP contribution in [0.15, 0.2) is 54.9 Å². The van der Waals surface area contributed by atoms with E-state index in [9.17, 15) is 9.90 Å². The molecule has 0 bridgehead atoms. The molecule has 108 valence electrons. The van der Waals surface area contributed by atoms with E-state index in [1.807, 2.05) is 0 Å². The van der Waals surface area contributed by atoms with Crippen LogP contribution in [0.5, 0.6) is 0 Å². The van der Waals surface area contributed by atoms with Crippen LogP contribution in [0.3, 0.4) is 0 Å². The van der Waals surface area contributed by atoms with E-state index in [1.165, 1.54) is 6.07 Å². The molecule has 0 atom stereocenters. The zero-order chi connectivity index (χ0) is 15.5. The molecule has 3 N–H and O–H groups in total. The van der Waals surface area contributed by atoms with Gasteiger partial charge in [-0.2, -0.15) is 0 Å². The molecule has 22 heavy (non-hydrogen) atoms. The van der Waals surface area contributed by atoms with E-state index < -0.39 is 5.97 Å². The minimum atomic E-state index is -1.11. The molecule has 6 heteroatoms. The first-order valence-electron chi connectivity index (χ1n) is 6.52. The highest BCUT2D eigenvalue weighted by Crippen LogP contribution is 2.23. The first-order valence-corrected chi connectivity index (χ1v) is 6.52. The quantitative estimate of drug-likeness (QED) is 0.719. The van der Waals surface area contributed by atoms with Crippen LogP contribution in [0.4, 0.5) is 5.69 Å². The minimum absolute atomic E-state index is 0.0688. The van der Waals surface area contributed by atoms with E-state index in [2.05, 4.69) is 15.0 Å². The summed E-state index contributed by atoms with van der Waals surface area (Å²) in [4.78, 5) is 23.8. The summed E-state index contributed by atoms with van der Waals surface area (Å²) < 4.78 is 0. The molecule has 1 aromatic carbocycles. The van der Waals surface area contributed by atoms with Crippen LogP contribution in [0, 0.1) is 0 Å². The second-order valence-corrected chi connectivity index (χ2v) is 4.63. The van der Waals surface area contributed by atoms with Gasteiger partial charge in [0.2, 0.25) is 0 Å². The molecule has 0 amide bonds. The number of carbonyl (C=O) groups is 1. The highest BCUT2D eigenvalue weighted by molar-refractivity contribution is 5.87. The lowest BCUT2D eigenvalue weighted by Gasteiger charge is -2.06. The Morgan fingerprint density at radius 2 is 1.82 bits per heavy atom. The van der Waals surface area contributed by atoms with Crippen LogP contribution in [-0.4, -0.2) is 26.0 Å². The number of hydrogen-bond donors (Lipinski definition) is 2. The molecule has 0 fully saturated rings. The van der Waals surface area contributed by atoms with Crippen molar-refractivity contribution < 1.29 is 9.90 Å². The van der Waals surface area contributed by atoms with Crippen molar-refractivity contribution in [3.63, 3.8) is 0 Å². The van der Waals surface area contributed by atoms with Crippen LogP contribution in [0.25, 0.3) is 22.6 Å². The Bertz CT molecular complexity index is 817. The van der Waals surface area contributed by atoms with Gasteiger partial charge in [-0.05, 0) is 30.3 Å². The van der Waals surface area contributed by atoms with E-state index in [0.717, 1.165) is 5.56 Å². The van der Waals surface area contributed by atoms with Crippen LogP contribution in [0.2, 0.25) is 0 Å². The predicted molar refractivity (Wildman–Crippen MR) is 82.1 cm³/mol. The fourth-order valence-corrected chi connectivity index (χ4v) is 1.98. The molecule has 3 rings (SSSR count). The summed E-state index contributed by atoms with van der Waals surface area (Å²) >= 11 is 0. The van der Waals surface area contributed by atoms with Gasteiger partial charge in [-0.25, -0.2) is 14.8 Å². The standard InChI is InChI=1S/C16H12N4O2/c17-12-5-3-10(4-6-12)13-8-14(16(21)22)20-15(19-13)11-2-1-7-18-9-11/h1-9H,17H2,(H,21,22). The van der Waals surface area contributed by atoms with Gasteiger partial charge < -0.3 is 10.8 Å². The second-order valence-electron chi connectivity index (χ2n) is 4.63. The lowest BCUT2D eigenvalue weighted by molar-refractivity contribution is 0.0690. The minimum Gasteiger partial charge on any atom is -0.477 e. The largest absolute Gasteiger partial charge is 0.477 e. The Morgan fingerprint density at radius 3 is 2.45 bits per heavy atom. The van der Waals surface area contributed by atoms with Crippen molar-refractivity contribution in [3.05, 3.63) is 60.6 Å². The zero-order valence-corrected chi connectivity index (χ0v) is 11.5. The molecule has 2 aromatic heterocycles. The van der Waals surface area contributed by atoms with Crippen molar-refractivity contribution in [2.24, 2.45) is 0 Å². The summed E-state index contributed by atoms with van der Waals surface area (Å²) in [6, 6.07) is 12.0. The summed E-state index contributed by atoms with van der Waals surface area (Å²) in [6.45, 7) is 0. The van der Waals surface area contributed by atoms with Crippen LogP contribution in [-0.2, 0) is 0 Å². The van der Waals surface area contributed by atoms with Crippen LogP contribution in [0.1, 0.15) is 10.5 Å². The van der Waals surface area contributed by atoms with Crippen LogP contribution < -0.4 is 5.73 Å². The lowest BCUT2D eigenvalue weighted by Crippen LogP contribution is -2.04. The summed E-state index contributed by atoms with van der Waals surface area (Å²) in [5.74, 6) is -0.788. The van der Waals surface area contributed by atoms with Gasteiger partial charge in [-0.1, -0.05) is 12.1 Å². The maximum Gasteiger partial charge on any atom is 0.354 e. The van der Waals surface area contributed by atoms with E-state index >= 15 is 0 Å². The molecule has 0 aliphatic heterocycles. The molecule has 3 aromatic rings. The topological polar surface area (TPSA) is 102 Å². The van der Waals surface area contributed by atoms with Crippen molar-refractivity contribution in [1.29, 1.82) is 0 Å². The van der Waals surface area contributed by atoms with Crippen molar-refractivity contribution in [2.45, 2.75) is 0 Å². The van der Waals surface area contributed by atoms with E-state index in [-0.39, 0.29) is 5.69 Å². The summed E-state index contributed by atoms with van der Waals surface area (Å²) in [6.07, 6.45) is 3.22. The van der Waals surface area contributed by atoms with Gasteiger partial charge in [0.1, 0.15) is 0 Å². The van der Waals surface area contributed by atoms with Gasteiger partial charge >= 0.3 is 5.97 Å². The maximum atomic E-state index is 11.3. The van der Waals surface area contributed by atoms with Crippen LogP contribution >= 0.6 is 0 Å². The highest BCUT2D eigenvalue weighted by Gasteiger charge is 2.13. The third-order valence-electron chi connectivity index (χ3n) is 3.07. The first-order chi connectivity index (χ1) is 10.6. The molecule has 0 unspecified atom stereocenters.